The molecule has 1 aromatic rings. The molecule has 0 saturated heterocycles. The average Bonchev–Trinajstić information content (AvgIpc) is 2.19. The number of thioether (sulfide) groups is 1. The van der Waals surface area contributed by atoms with Crippen molar-refractivity contribution < 1.29 is 9.13 Å². The fraction of sp³-hybridized carbons (Fsp3) is 0.538. The number of anilines is 1. The molecule has 17 heavy (non-hydrogen) atoms. The molecule has 0 spiro atoms. The molecule has 0 aliphatic carbocycles. The van der Waals surface area contributed by atoms with Gasteiger partial charge in [0, 0.05) is 22.4 Å². The SMILES string of the molecule is CC(C)CSc1cc(OC(C)C)c(F)cc1N. The van der Waals surface area contributed by atoms with E-state index in [1.165, 1.54) is 6.07 Å². The molecule has 0 aliphatic heterocycles. The van der Waals surface area contributed by atoms with Gasteiger partial charge in [-0.25, -0.2) is 4.39 Å². The van der Waals surface area contributed by atoms with Crippen LogP contribution in [0.4, 0.5) is 10.1 Å². The van der Waals surface area contributed by atoms with Crippen LogP contribution < -0.4 is 10.5 Å². The Hall–Kier alpha value is -0.900. The zero-order valence-electron chi connectivity index (χ0n) is 10.8. The van der Waals surface area contributed by atoms with Crippen LogP contribution in [0.3, 0.4) is 0 Å². The van der Waals surface area contributed by atoms with Crippen LogP contribution >= 0.6 is 11.8 Å². The Labute approximate surface area is 107 Å². The second-order valence-electron chi connectivity index (χ2n) is 4.69. The molecule has 0 amide bonds. The third-order valence-electron chi connectivity index (χ3n) is 2.00. The second kappa shape index (κ2) is 6.15. The quantitative estimate of drug-likeness (QED) is 0.641. The Morgan fingerprint density at radius 3 is 2.47 bits per heavy atom. The number of nitrogen functional groups attached to an aromatic ring is 1. The third kappa shape index (κ3) is 4.46. The molecule has 0 unspecified atom stereocenters. The normalized spacial score (nSPS) is 11.2. The van der Waals surface area contributed by atoms with Gasteiger partial charge < -0.3 is 10.5 Å². The first-order chi connectivity index (χ1) is 7.90. The van der Waals surface area contributed by atoms with Crippen molar-refractivity contribution in [1.29, 1.82) is 0 Å². The van der Waals surface area contributed by atoms with Crippen molar-refractivity contribution in [3.8, 4) is 5.75 Å². The summed E-state index contributed by atoms with van der Waals surface area (Å²) in [5.41, 5.74) is 6.27. The maximum Gasteiger partial charge on any atom is 0.167 e. The Balaban J connectivity index is 2.89. The average molecular weight is 257 g/mol. The van der Waals surface area contributed by atoms with Gasteiger partial charge in [-0.05, 0) is 25.8 Å². The van der Waals surface area contributed by atoms with Gasteiger partial charge in [0.05, 0.1) is 6.10 Å². The van der Waals surface area contributed by atoms with Crippen LogP contribution in [-0.4, -0.2) is 11.9 Å². The van der Waals surface area contributed by atoms with E-state index in [1.54, 1.807) is 17.8 Å². The molecule has 1 rings (SSSR count). The number of nitrogens with two attached hydrogens (primary N) is 1. The van der Waals surface area contributed by atoms with Crippen LogP contribution in [0, 0.1) is 11.7 Å². The Morgan fingerprint density at radius 2 is 1.94 bits per heavy atom. The van der Waals surface area contributed by atoms with Crippen molar-refractivity contribution in [2.24, 2.45) is 5.92 Å². The summed E-state index contributed by atoms with van der Waals surface area (Å²) in [6.45, 7) is 8.02. The summed E-state index contributed by atoms with van der Waals surface area (Å²) >= 11 is 1.63. The van der Waals surface area contributed by atoms with E-state index in [2.05, 4.69) is 13.8 Å². The zero-order chi connectivity index (χ0) is 13.0. The van der Waals surface area contributed by atoms with Crippen molar-refractivity contribution in [2.45, 2.75) is 38.7 Å². The van der Waals surface area contributed by atoms with Crippen LogP contribution in [0.2, 0.25) is 0 Å². The van der Waals surface area contributed by atoms with Gasteiger partial charge in [0.1, 0.15) is 0 Å². The smallest absolute Gasteiger partial charge is 0.167 e. The van der Waals surface area contributed by atoms with Gasteiger partial charge in [0.2, 0.25) is 0 Å². The fourth-order valence-electron chi connectivity index (χ4n) is 1.28. The van der Waals surface area contributed by atoms with Crippen molar-refractivity contribution in [3.05, 3.63) is 17.9 Å². The molecule has 0 heterocycles. The molecule has 2 nitrogen and oxygen atoms in total. The number of hydrogen-bond acceptors (Lipinski definition) is 3. The standard InChI is InChI=1S/C13H20FNOS/c1-8(2)7-17-13-6-12(16-9(3)4)10(14)5-11(13)15/h5-6,8-9H,7,15H2,1-4H3. The van der Waals surface area contributed by atoms with E-state index in [4.69, 9.17) is 10.5 Å². The van der Waals surface area contributed by atoms with Gasteiger partial charge in [-0.2, -0.15) is 0 Å². The van der Waals surface area contributed by atoms with Crippen molar-refractivity contribution in [2.75, 3.05) is 11.5 Å². The first-order valence-corrected chi connectivity index (χ1v) is 6.77. The van der Waals surface area contributed by atoms with E-state index in [1.807, 2.05) is 13.8 Å². The molecule has 0 fully saturated rings. The van der Waals surface area contributed by atoms with Crippen molar-refractivity contribution >= 4 is 17.4 Å². The Kier molecular flexibility index (Phi) is 5.12. The van der Waals surface area contributed by atoms with Crippen LogP contribution in [0.15, 0.2) is 17.0 Å². The molecule has 0 saturated carbocycles. The molecule has 0 radical (unpaired) electrons. The van der Waals surface area contributed by atoms with Gasteiger partial charge in [0.25, 0.3) is 0 Å². The fourth-order valence-corrected chi connectivity index (χ4v) is 2.20. The van der Waals surface area contributed by atoms with Gasteiger partial charge in [-0.1, -0.05) is 13.8 Å². The summed E-state index contributed by atoms with van der Waals surface area (Å²) in [6.07, 6.45) is -0.0453. The Bertz CT molecular complexity index is 380. The van der Waals surface area contributed by atoms with E-state index in [9.17, 15) is 4.39 Å². The lowest BCUT2D eigenvalue weighted by Crippen LogP contribution is -2.07. The highest BCUT2D eigenvalue weighted by Gasteiger charge is 2.11. The maximum absolute atomic E-state index is 13.6. The number of rotatable bonds is 5. The number of benzene rings is 1. The highest BCUT2D eigenvalue weighted by atomic mass is 32.2. The lowest BCUT2D eigenvalue weighted by Gasteiger charge is -2.14. The van der Waals surface area contributed by atoms with Gasteiger partial charge in [-0.15, -0.1) is 11.8 Å². The molecule has 0 aromatic heterocycles. The van der Waals surface area contributed by atoms with Gasteiger partial charge >= 0.3 is 0 Å². The van der Waals surface area contributed by atoms with Crippen LogP contribution in [-0.2, 0) is 0 Å². The number of halogens is 1. The largest absolute Gasteiger partial charge is 0.488 e. The molecular weight excluding hydrogens is 237 g/mol. The summed E-state index contributed by atoms with van der Waals surface area (Å²) in [6, 6.07) is 3.03. The first-order valence-electron chi connectivity index (χ1n) is 5.78. The molecule has 96 valence electrons. The van der Waals surface area contributed by atoms with Gasteiger partial charge in [-0.3, -0.25) is 0 Å². The van der Waals surface area contributed by atoms with Crippen LogP contribution in [0.25, 0.3) is 0 Å². The highest BCUT2D eigenvalue weighted by molar-refractivity contribution is 7.99. The van der Waals surface area contributed by atoms with Crippen molar-refractivity contribution in [3.63, 3.8) is 0 Å². The van der Waals surface area contributed by atoms with E-state index in [-0.39, 0.29) is 11.9 Å². The zero-order valence-corrected chi connectivity index (χ0v) is 11.6. The van der Waals surface area contributed by atoms with E-state index in [0.717, 1.165) is 10.6 Å². The van der Waals surface area contributed by atoms with E-state index >= 15 is 0 Å². The summed E-state index contributed by atoms with van der Waals surface area (Å²) in [4.78, 5) is 0.885. The molecule has 0 bridgehead atoms. The Morgan fingerprint density at radius 1 is 1.29 bits per heavy atom. The second-order valence-corrected chi connectivity index (χ2v) is 5.75. The van der Waals surface area contributed by atoms with Crippen LogP contribution in [0.5, 0.6) is 5.75 Å². The maximum atomic E-state index is 13.6. The molecular formula is C13H20FNOS. The summed E-state index contributed by atoms with van der Waals surface area (Å²) in [5, 5.41) is 0. The molecule has 0 aliphatic rings. The molecule has 2 N–H and O–H groups in total. The lowest BCUT2D eigenvalue weighted by atomic mass is 10.3. The number of ether oxygens (including phenoxy) is 1. The van der Waals surface area contributed by atoms with Gasteiger partial charge in [0.15, 0.2) is 11.6 Å². The van der Waals surface area contributed by atoms with E-state index < -0.39 is 5.82 Å². The first kappa shape index (κ1) is 14.2. The minimum atomic E-state index is -0.398. The summed E-state index contributed by atoms with van der Waals surface area (Å²) in [5.74, 6) is 1.40. The van der Waals surface area contributed by atoms with E-state index in [0.29, 0.717) is 11.6 Å². The third-order valence-corrected chi connectivity index (χ3v) is 3.50. The lowest BCUT2D eigenvalue weighted by molar-refractivity contribution is 0.230. The van der Waals surface area contributed by atoms with Crippen molar-refractivity contribution in [1.82, 2.24) is 0 Å². The topological polar surface area (TPSA) is 35.2 Å². The highest BCUT2D eigenvalue weighted by Crippen LogP contribution is 2.33. The minimum Gasteiger partial charge on any atom is -0.488 e. The summed E-state index contributed by atoms with van der Waals surface area (Å²) in [7, 11) is 0. The molecule has 0 atom stereocenters. The number of hydrogen-bond donors (Lipinski definition) is 1. The summed E-state index contributed by atoms with van der Waals surface area (Å²) < 4.78 is 19.0. The minimum absolute atomic E-state index is 0.0453. The molecule has 1 aromatic carbocycles. The predicted octanol–water partition coefficient (Wildman–Crippen LogP) is 3.94. The van der Waals surface area contributed by atoms with Crippen LogP contribution in [0.1, 0.15) is 27.7 Å². The predicted molar refractivity (Wildman–Crippen MR) is 72.1 cm³/mol. The monoisotopic (exact) mass is 257 g/mol. The molecule has 4 heteroatoms.